The molecule has 1 N–H and O–H groups in total. The van der Waals surface area contributed by atoms with Crippen LogP contribution in [0.5, 0.6) is 0 Å². The van der Waals surface area contributed by atoms with E-state index in [1.54, 1.807) is 5.32 Å². The summed E-state index contributed by atoms with van der Waals surface area (Å²) in [6.45, 7) is 2.72. The molecule has 0 spiro atoms. The van der Waals surface area contributed by atoms with Gasteiger partial charge < -0.3 is 15.0 Å². The van der Waals surface area contributed by atoms with Crippen LogP contribution in [-0.2, 0) is 4.74 Å². The van der Waals surface area contributed by atoms with Gasteiger partial charge in [0.25, 0.3) is 0 Å². The standard InChI is InChI=1S/C9H15F3N2O2/c1-3-4-14(5-6-16-2)8(15)13-7-9(10,11)12/h3H,1,4-7H2,2H3,(H,13,15). The molecule has 0 aliphatic carbocycles. The first-order valence-corrected chi connectivity index (χ1v) is 4.60. The quantitative estimate of drug-likeness (QED) is 0.713. The minimum Gasteiger partial charge on any atom is -0.383 e. The van der Waals surface area contributed by atoms with Gasteiger partial charge in [-0.15, -0.1) is 6.58 Å². The molecule has 0 atom stereocenters. The molecule has 0 fully saturated rings. The van der Waals surface area contributed by atoms with Crippen molar-refractivity contribution in [3.05, 3.63) is 12.7 Å². The maximum absolute atomic E-state index is 11.8. The van der Waals surface area contributed by atoms with Crippen LogP contribution in [0.15, 0.2) is 12.7 Å². The van der Waals surface area contributed by atoms with Crippen LogP contribution in [-0.4, -0.2) is 50.5 Å². The minimum atomic E-state index is -4.41. The predicted octanol–water partition coefficient (Wildman–Crippen LogP) is 1.39. The highest BCUT2D eigenvalue weighted by molar-refractivity contribution is 5.74. The third-order valence-corrected chi connectivity index (χ3v) is 1.64. The number of hydrogen-bond acceptors (Lipinski definition) is 2. The molecular formula is C9H15F3N2O2. The third-order valence-electron chi connectivity index (χ3n) is 1.64. The van der Waals surface area contributed by atoms with E-state index in [1.807, 2.05) is 0 Å². The zero-order valence-corrected chi connectivity index (χ0v) is 9.01. The maximum atomic E-state index is 11.8. The Kier molecular flexibility index (Phi) is 6.55. The summed E-state index contributed by atoms with van der Waals surface area (Å²) in [4.78, 5) is 12.5. The van der Waals surface area contributed by atoms with E-state index >= 15 is 0 Å². The number of hydrogen-bond donors (Lipinski definition) is 1. The number of nitrogens with zero attached hydrogens (tertiary/aromatic N) is 1. The Morgan fingerprint density at radius 1 is 1.56 bits per heavy atom. The molecule has 0 aliphatic rings. The lowest BCUT2D eigenvalue weighted by atomic mass is 10.5. The fourth-order valence-corrected chi connectivity index (χ4v) is 0.921. The number of methoxy groups -OCH3 is 1. The highest BCUT2D eigenvalue weighted by atomic mass is 19.4. The first-order valence-electron chi connectivity index (χ1n) is 4.60. The number of urea groups is 1. The summed E-state index contributed by atoms with van der Waals surface area (Å²) >= 11 is 0. The van der Waals surface area contributed by atoms with Crippen LogP contribution in [0.1, 0.15) is 0 Å². The Morgan fingerprint density at radius 3 is 2.62 bits per heavy atom. The van der Waals surface area contributed by atoms with Gasteiger partial charge >= 0.3 is 12.2 Å². The van der Waals surface area contributed by atoms with Crippen molar-refractivity contribution in [1.82, 2.24) is 10.2 Å². The number of carbonyl (C=O) groups is 1. The van der Waals surface area contributed by atoms with Gasteiger partial charge in [-0.05, 0) is 0 Å². The molecule has 0 heterocycles. The zero-order chi connectivity index (χ0) is 12.6. The van der Waals surface area contributed by atoms with E-state index in [1.165, 1.54) is 18.1 Å². The fourth-order valence-electron chi connectivity index (χ4n) is 0.921. The fraction of sp³-hybridized carbons (Fsp3) is 0.667. The SMILES string of the molecule is C=CCN(CCOC)C(=O)NCC(F)(F)F. The average molecular weight is 240 g/mol. The van der Waals surface area contributed by atoms with E-state index in [0.717, 1.165) is 0 Å². The molecule has 0 aromatic heterocycles. The minimum absolute atomic E-state index is 0.174. The Balaban J connectivity index is 4.10. The molecule has 4 nitrogen and oxygen atoms in total. The lowest BCUT2D eigenvalue weighted by Crippen LogP contribution is -2.44. The molecule has 16 heavy (non-hydrogen) atoms. The molecule has 2 amide bonds. The van der Waals surface area contributed by atoms with Crippen molar-refractivity contribution in [2.24, 2.45) is 0 Å². The summed E-state index contributed by atoms with van der Waals surface area (Å²) in [6, 6.07) is -0.783. The van der Waals surface area contributed by atoms with E-state index in [4.69, 9.17) is 4.74 Å². The van der Waals surface area contributed by atoms with Crippen molar-refractivity contribution in [2.45, 2.75) is 6.18 Å². The molecule has 0 aliphatic heterocycles. The van der Waals surface area contributed by atoms with E-state index < -0.39 is 18.8 Å². The lowest BCUT2D eigenvalue weighted by Gasteiger charge is -2.21. The van der Waals surface area contributed by atoms with Gasteiger partial charge in [0.05, 0.1) is 6.61 Å². The summed E-state index contributed by atoms with van der Waals surface area (Å²) in [6.07, 6.45) is -2.97. The zero-order valence-electron chi connectivity index (χ0n) is 9.01. The number of carbonyl (C=O) groups excluding carboxylic acids is 1. The Hall–Kier alpha value is -1.24. The van der Waals surface area contributed by atoms with Crippen LogP contribution in [0.4, 0.5) is 18.0 Å². The van der Waals surface area contributed by atoms with Crippen LogP contribution >= 0.6 is 0 Å². The first-order chi connectivity index (χ1) is 7.40. The van der Waals surface area contributed by atoms with Gasteiger partial charge in [0.2, 0.25) is 0 Å². The van der Waals surface area contributed by atoms with Crippen LogP contribution in [0, 0.1) is 0 Å². The number of nitrogens with one attached hydrogen (secondary N) is 1. The van der Waals surface area contributed by atoms with Crippen molar-refractivity contribution < 1.29 is 22.7 Å². The van der Waals surface area contributed by atoms with Crippen molar-refractivity contribution in [2.75, 3.05) is 33.4 Å². The summed E-state index contributed by atoms with van der Waals surface area (Å²) in [5.41, 5.74) is 0. The number of ether oxygens (including phenoxy) is 1. The molecule has 0 aromatic rings. The van der Waals surface area contributed by atoms with Crippen LogP contribution in [0.2, 0.25) is 0 Å². The molecule has 0 rings (SSSR count). The first kappa shape index (κ1) is 14.8. The topological polar surface area (TPSA) is 41.6 Å². The second kappa shape index (κ2) is 7.10. The van der Waals surface area contributed by atoms with Gasteiger partial charge in [-0.25, -0.2) is 4.79 Å². The highest BCUT2D eigenvalue weighted by Crippen LogP contribution is 2.12. The van der Waals surface area contributed by atoms with E-state index in [0.29, 0.717) is 0 Å². The molecule has 0 saturated carbocycles. The maximum Gasteiger partial charge on any atom is 0.405 e. The van der Waals surface area contributed by atoms with Gasteiger partial charge in [0.15, 0.2) is 0 Å². The molecule has 7 heteroatoms. The number of halogens is 3. The van der Waals surface area contributed by atoms with Gasteiger partial charge in [0, 0.05) is 20.2 Å². The van der Waals surface area contributed by atoms with E-state index in [2.05, 4.69) is 6.58 Å². The summed E-state index contributed by atoms with van der Waals surface area (Å²) < 4.78 is 40.3. The second-order valence-corrected chi connectivity index (χ2v) is 3.00. The van der Waals surface area contributed by atoms with Crippen LogP contribution < -0.4 is 5.32 Å². The lowest BCUT2D eigenvalue weighted by molar-refractivity contribution is -0.123. The van der Waals surface area contributed by atoms with Gasteiger partial charge in [-0.1, -0.05) is 6.08 Å². The van der Waals surface area contributed by atoms with Crippen LogP contribution in [0.3, 0.4) is 0 Å². The van der Waals surface area contributed by atoms with Gasteiger partial charge in [-0.2, -0.15) is 13.2 Å². The smallest absolute Gasteiger partial charge is 0.383 e. The molecular weight excluding hydrogens is 225 g/mol. The number of rotatable bonds is 6. The predicted molar refractivity (Wildman–Crippen MR) is 53.1 cm³/mol. The van der Waals surface area contributed by atoms with Crippen molar-refractivity contribution in [1.29, 1.82) is 0 Å². The van der Waals surface area contributed by atoms with E-state index in [-0.39, 0.29) is 19.7 Å². The normalized spacial score (nSPS) is 11.0. The monoisotopic (exact) mass is 240 g/mol. The van der Waals surface area contributed by atoms with Crippen LogP contribution in [0.25, 0.3) is 0 Å². The van der Waals surface area contributed by atoms with Crippen molar-refractivity contribution in [3.8, 4) is 0 Å². The molecule has 0 saturated heterocycles. The molecule has 0 aromatic carbocycles. The molecule has 94 valence electrons. The van der Waals surface area contributed by atoms with Crippen molar-refractivity contribution >= 4 is 6.03 Å². The summed E-state index contributed by atoms with van der Waals surface area (Å²) in [7, 11) is 1.44. The molecule has 0 unspecified atom stereocenters. The molecule has 0 radical (unpaired) electrons. The number of amides is 2. The Morgan fingerprint density at radius 2 is 2.19 bits per heavy atom. The largest absolute Gasteiger partial charge is 0.405 e. The Labute approximate surface area is 92.1 Å². The summed E-state index contributed by atoms with van der Waals surface area (Å²) in [5.74, 6) is 0. The number of alkyl halides is 3. The molecule has 0 bridgehead atoms. The van der Waals surface area contributed by atoms with Gasteiger partial charge in [-0.3, -0.25) is 0 Å². The van der Waals surface area contributed by atoms with Gasteiger partial charge in [0.1, 0.15) is 6.54 Å². The summed E-state index contributed by atoms with van der Waals surface area (Å²) in [5, 5.41) is 1.78. The van der Waals surface area contributed by atoms with Crippen molar-refractivity contribution in [3.63, 3.8) is 0 Å². The Bertz CT molecular complexity index is 231. The van der Waals surface area contributed by atoms with E-state index in [9.17, 15) is 18.0 Å². The highest BCUT2D eigenvalue weighted by Gasteiger charge is 2.28. The third kappa shape index (κ3) is 7.10. The second-order valence-electron chi connectivity index (χ2n) is 3.00. The average Bonchev–Trinajstić information content (AvgIpc) is 2.19.